The maximum Gasteiger partial charge on any atom is 0.335 e. The van der Waals surface area contributed by atoms with E-state index in [-0.39, 0.29) is 33.1 Å². The average Bonchev–Trinajstić information content (AvgIpc) is 2.04. The Balaban J connectivity index is 0. The van der Waals surface area contributed by atoms with Gasteiger partial charge in [0.1, 0.15) is 0 Å². The first-order valence-electron chi connectivity index (χ1n) is 3.95. The van der Waals surface area contributed by atoms with Gasteiger partial charge in [-0.05, 0) is 17.5 Å². The normalized spacial score (nSPS) is 8.79. The molecule has 0 fully saturated rings. The van der Waals surface area contributed by atoms with Gasteiger partial charge in [0, 0.05) is 21.7 Å². The second-order valence-corrected chi connectivity index (χ2v) is 3.05. The Bertz CT molecular complexity index is 297. The van der Waals surface area contributed by atoms with E-state index < -0.39 is 5.97 Å². The Morgan fingerprint density at radius 3 is 2.14 bits per heavy atom. The minimum absolute atomic E-state index is 0. The summed E-state index contributed by atoms with van der Waals surface area (Å²) < 4.78 is 0. The molecule has 0 bridgehead atoms. The van der Waals surface area contributed by atoms with E-state index in [0.29, 0.717) is 5.56 Å². The Kier molecular flexibility index (Phi) is 7.64. The van der Waals surface area contributed by atoms with E-state index >= 15 is 0 Å². The summed E-state index contributed by atoms with van der Waals surface area (Å²) in [5, 5.41) is 8.81. The molecule has 4 heteroatoms. The molecule has 0 aliphatic rings. The van der Waals surface area contributed by atoms with Gasteiger partial charge < -0.3 is 10.6 Å². The molecule has 0 saturated carbocycles. The minimum Gasteiger partial charge on any atom is -0.478 e. The van der Waals surface area contributed by atoms with E-state index in [0.717, 1.165) is 5.56 Å². The van der Waals surface area contributed by atoms with Gasteiger partial charge in [0.2, 0.25) is 0 Å². The van der Waals surface area contributed by atoms with Crippen molar-refractivity contribution >= 4 is 5.97 Å². The Labute approximate surface area is 98.3 Å². The molecule has 0 atom stereocenters. The van der Waals surface area contributed by atoms with Crippen molar-refractivity contribution in [2.45, 2.75) is 19.8 Å². The Morgan fingerprint density at radius 2 is 1.79 bits per heavy atom. The smallest absolute Gasteiger partial charge is 0.335 e. The zero-order valence-corrected chi connectivity index (χ0v) is 9.80. The molecule has 3 nitrogen and oxygen atoms in total. The largest absolute Gasteiger partial charge is 0.478 e. The van der Waals surface area contributed by atoms with Crippen LogP contribution in [-0.2, 0) is 21.7 Å². The molecule has 0 aliphatic carbocycles. The zero-order valence-electron chi connectivity index (χ0n) is 8.24. The van der Waals surface area contributed by atoms with Crippen molar-refractivity contribution < 1.29 is 37.1 Å². The van der Waals surface area contributed by atoms with Gasteiger partial charge in [-0.2, -0.15) is 0 Å². The number of rotatable bonds is 2. The number of hydrogen-bond acceptors (Lipinski definition) is 1. The summed E-state index contributed by atoms with van der Waals surface area (Å²) >= 11 is 0. The molecule has 0 radical (unpaired) electrons. The number of hydrogen-bond donors (Lipinski definition) is 1. The van der Waals surface area contributed by atoms with Crippen LogP contribution in [0.4, 0.5) is 0 Å². The van der Waals surface area contributed by atoms with E-state index in [9.17, 15) is 4.79 Å². The van der Waals surface area contributed by atoms with E-state index in [1.54, 1.807) is 12.1 Å². The second-order valence-electron chi connectivity index (χ2n) is 3.05. The standard InChI is InChI=1S/C10H12O2.H2O.Ti/c1-7(2)8-5-3-4-6-9(8)10(11)12;;/h3-7H,1-2H3,(H,11,12);1H2;. The van der Waals surface area contributed by atoms with Gasteiger partial charge in [-0.1, -0.05) is 32.0 Å². The molecular formula is C10H14O3Ti. The van der Waals surface area contributed by atoms with Gasteiger partial charge in [0.05, 0.1) is 5.56 Å². The van der Waals surface area contributed by atoms with Crippen molar-refractivity contribution in [3.8, 4) is 0 Å². The molecular weight excluding hydrogens is 216 g/mol. The third-order valence-corrected chi connectivity index (χ3v) is 1.81. The van der Waals surface area contributed by atoms with Crippen LogP contribution >= 0.6 is 0 Å². The van der Waals surface area contributed by atoms with Gasteiger partial charge in [0.25, 0.3) is 0 Å². The predicted octanol–water partition coefficient (Wildman–Crippen LogP) is 1.68. The fourth-order valence-corrected chi connectivity index (χ4v) is 1.20. The molecule has 14 heavy (non-hydrogen) atoms. The van der Waals surface area contributed by atoms with Crippen LogP contribution in [-0.4, -0.2) is 16.6 Å². The van der Waals surface area contributed by atoms with Crippen LogP contribution in [0.3, 0.4) is 0 Å². The maximum absolute atomic E-state index is 10.7. The van der Waals surface area contributed by atoms with Gasteiger partial charge in [-0.3, -0.25) is 0 Å². The Hall–Kier alpha value is -0.636. The monoisotopic (exact) mass is 230 g/mol. The fraction of sp³-hybridized carbons (Fsp3) is 0.300. The molecule has 0 spiro atoms. The number of carboxylic acid groups (broad SMARTS) is 1. The van der Waals surface area contributed by atoms with Crippen molar-refractivity contribution in [2.75, 3.05) is 0 Å². The maximum atomic E-state index is 10.7. The molecule has 0 aliphatic heterocycles. The molecule has 0 saturated heterocycles. The molecule has 1 aromatic rings. The number of aromatic carboxylic acids is 1. The Morgan fingerprint density at radius 1 is 1.29 bits per heavy atom. The van der Waals surface area contributed by atoms with Crippen LogP contribution in [0.25, 0.3) is 0 Å². The van der Waals surface area contributed by atoms with E-state index in [1.165, 1.54) is 0 Å². The molecule has 0 unspecified atom stereocenters. The van der Waals surface area contributed by atoms with Crippen LogP contribution in [0.2, 0.25) is 0 Å². The minimum atomic E-state index is -0.848. The van der Waals surface area contributed by atoms with E-state index in [2.05, 4.69) is 0 Å². The topological polar surface area (TPSA) is 68.8 Å². The van der Waals surface area contributed by atoms with Crippen molar-refractivity contribution in [1.82, 2.24) is 0 Å². The molecule has 0 heterocycles. The van der Waals surface area contributed by atoms with E-state index in [4.69, 9.17) is 5.11 Å². The van der Waals surface area contributed by atoms with Crippen molar-refractivity contribution in [1.29, 1.82) is 0 Å². The number of carbonyl (C=O) groups is 1. The van der Waals surface area contributed by atoms with Gasteiger partial charge >= 0.3 is 5.97 Å². The third kappa shape index (κ3) is 3.62. The SMILES string of the molecule is CC(C)c1ccccc1C(=O)O.O.[Ti]. The summed E-state index contributed by atoms with van der Waals surface area (Å²) in [7, 11) is 0. The second kappa shape index (κ2) is 6.76. The first kappa shape index (κ1) is 15.8. The molecule has 0 amide bonds. The molecule has 76 valence electrons. The van der Waals surface area contributed by atoms with Crippen LogP contribution in [0.5, 0.6) is 0 Å². The van der Waals surface area contributed by atoms with Gasteiger partial charge in [0.15, 0.2) is 0 Å². The molecule has 0 aromatic heterocycles. The summed E-state index contributed by atoms with van der Waals surface area (Å²) in [6.45, 7) is 3.98. The van der Waals surface area contributed by atoms with Crippen LogP contribution in [0.15, 0.2) is 24.3 Å². The van der Waals surface area contributed by atoms with Crippen LogP contribution < -0.4 is 0 Å². The summed E-state index contributed by atoms with van der Waals surface area (Å²) in [5.41, 5.74) is 1.30. The quantitative estimate of drug-likeness (QED) is 0.785. The zero-order chi connectivity index (χ0) is 9.14. The van der Waals surface area contributed by atoms with Gasteiger partial charge in [-0.15, -0.1) is 0 Å². The first-order valence-corrected chi connectivity index (χ1v) is 3.95. The van der Waals surface area contributed by atoms with Crippen LogP contribution in [0.1, 0.15) is 35.7 Å². The summed E-state index contributed by atoms with van der Waals surface area (Å²) in [6, 6.07) is 7.10. The van der Waals surface area contributed by atoms with Crippen molar-refractivity contribution in [3.05, 3.63) is 35.4 Å². The average molecular weight is 230 g/mol. The fourth-order valence-electron chi connectivity index (χ4n) is 1.20. The summed E-state index contributed by atoms with van der Waals surface area (Å²) in [5.74, 6) is -0.586. The van der Waals surface area contributed by atoms with Gasteiger partial charge in [-0.25, -0.2) is 4.79 Å². The molecule has 3 N–H and O–H groups in total. The number of benzene rings is 1. The summed E-state index contributed by atoms with van der Waals surface area (Å²) in [4.78, 5) is 10.7. The summed E-state index contributed by atoms with van der Waals surface area (Å²) in [6.07, 6.45) is 0. The molecule has 1 rings (SSSR count). The number of carboxylic acids is 1. The van der Waals surface area contributed by atoms with Crippen molar-refractivity contribution in [2.24, 2.45) is 0 Å². The van der Waals surface area contributed by atoms with E-state index in [1.807, 2.05) is 26.0 Å². The molecule has 1 aromatic carbocycles. The first-order chi connectivity index (χ1) is 5.63. The van der Waals surface area contributed by atoms with Crippen molar-refractivity contribution in [3.63, 3.8) is 0 Å². The van der Waals surface area contributed by atoms with Crippen LogP contribution in [0, 0.1) is 0 Å². The third-order valence-electron chi connectivity index (χ3n) is 1.81. The predicted molar refractivity (Wildman–Crippen MR) is 51.1 cm³/mol.